The summed E-state index contributed by atoms with van der Waals surface area (Å²) in [7, 11) is 0. The van der Waals surface area contributed by atoms with Crippen molar-refractivity contribution in [1.82, 2.24) is 0 Å². The molecule has 0 radical (unpaired) electrons. The van der Waals surface area contributed by atoms with Crippen LogP contribution in [0.4, 0.5) is 17.3 Å². The second kappa shape index (κ2) is 4.59. The number of hydrogen-bond acceptors (Lipinski definition) is 1. The minimum Gasteiger partial charge on any atom is -0.490 e. The van der Waals surface area contributed by atoms with Crippen LogP contribution in [0.3, 0.4) is 0 Å². The van der Waals surface area contributed by atoms with E-state index in [2.05, 4.69) is 6.58 Å². The van der Waals surface area contributed by atoms with E-state index in [1.54, 1.807) is 6.92 Å². The van der Waals surface area contributed by atoms with Crippen molar-refractivity contribution >= 4 is 12.4 Å². The molecule has 1 unspecified atom stereocenters. The van der Waals surface area contributed by atoms with Crippen LogP contribution >= 0.6 is 0 Å². The summed E-state index contributed by atoms with van der Waals surface area (Å²) in [5.41, 5.74) is -1.06. The number of rotatable bonds is 4. The van der Waals surface area contributed by atoms with Gasteiger partial charge in [0.05, 0.1) is 5.75 Å². The van der Waals surface area contributed by atoms with Gasteiger partial charge in [0.1, 0.15) is 11.9 Å². The standard InChI is InChI=1S/C10H10BF4O/c1-3-7(2)16-10-5-4-8(12)6-9(10)11(13,14)15/h3-7H,1H2,2H3/q-1. The largest absolute Gasteiger partial charge is 0.513 e. The van der Waals surface area contributed by atoms with Crippen molar-refractivity contribution in [3.63, 3.8) is 0 Å². The van der Waals surface area contributed by atoms with Crippen molar-refractivity contribution in [1.29, 1.82) is 0 Å². The maximum absolute atomic E-state index is 12.7. The molecule has 0 aliphatic carbocycles. The van der Waals surface area contributed by atoms with Crippen molar-refractivity contribution in [2.45, 2.75) is 13.0 Å². The molecule has 0 fully saturated rings. The van der Waals surface area contributed by atoms with Gasteiger partial charge in [-0.15, -0.1) is 0 Å². The Morgan fingerprint density at radius 2 is 2.00 bits per heavy atom. The number of hydrogen-bond donors (Lipinski definition) is 0. The van der Waals surface area contributed by atoms with Crippen LogP contribution in [0.2, 0.25) is 0 Å². The van der Waals surface area contributed by atoms with Crippen LogP contribution in [0.15, 0.2) is 30.9 Å². The molecule has 0 saturated heterocycles. The first kappa shape index (κ1) is 12.6. The molecule has 1 rings (SSSR count). The lowest BCUT2D eigenvalue weighted by atomic mass is 9.79. The van der Waals surface area contributed by atoms with Gasteiger partial charge in [0.25, 0.3) is 0 Å². The average Bonchev–Trinajstić information content (AvgIpc) is 2.19. The first-order valence-corrected chi connectivity index (χ1v) is 4.63. The summed E-state index contributed by atoms with van der Waals surface area (Å²) in [6, 6.07) is 2.33. The summed E-state index contributed by atoms with van der Waals surface area (Å²) in [4.78, 5) is 0. The fraction of sp³-hybridized carbons (Fsp3) is 0.200. The van der Waals surface area contributed by atoms with Gasteiger partial charge in [0.15, 0.2) is 0 Å². The highest BCUT2D eigenvalue weighted by Crippen LogP contribution is 2.19. The topological polar surface area (TPSA) is 9.23 Å². The van der Waals surface area contributed by atoms with Gasteiger partial charge in [-0.3, -0.25) is 0 Å². The van der Waals surface area contributed by atoms with Crippen LogP contribution in [-0.2, 0) is 0 Å². The molecule has 0 spiro atoms. The molecule has 16 heavy (non-hydrogen) atoms. The molecule has 0 aliphatic heterocycles. The molecule has 6 heteroatoms. The minimum atomic E-state index is -5.29. The Bertz CT molecular complexity index is 389. The summed E-state index contributed by atoms with van der Waals surface area (Å²) in [5, 5.41) is 0. The van der Waals surface area contributed by atoms with E-state index in [1.165, 1.54) is 6.08 Å². The van der Waals surface area contributed by atoms with Crippen molar-refractivity contribution in [3.05, 3.63) is 36.7 Å². The fourth-order valence-electron chi connectivity index (χ4n) is 1.13. The Balaban J connectivity index is 3.13. The second-order valence-electron chi connectivity index (χ2n) is 3.32. The molecular weight excluding hydrogens is 223 g/mol. The summed E-state index contributed by atoms with van der Waals surface area (Å²) in [6.45, 7) is -0.356. The average molecular weight is 233 g/mol. The Kier molecular flexibility index (Phi) is 3.62. The summed E-state index contributed by atoms with van der Waals surface area (Å²) in [6.07, 6.45) is 0.790. The lowest BCUT2D eigenvalue weighted by molar-refractivity contribution is 0.271. The minimum absolute atomic E-state index is 0.374. The van der Waals surface area contributed by atoms with Gasteiger partial charge in [0, 0.05) is 0 Å². The highest BCUT2D eigenvalue weighted by molar-refractivity contribution is 6.74. The number of ether oxygens (including phenoxy) is 1. The monoisotopic (exact) mass is 233 g/mol. The van der Waals surface area contributed by atoms with E-state index in [0.29, 0.717) is 6.07 Å². The van der Waals surface area contributed by atoms with Gasteiger partial charge in [0.2, 0.25) is 0 Å². The molecule has 1 nitrogen and oxygen atoms in total. The van der Waals surface area contributed by atoms with E-state index in [9.17, 15) is 17.3 Å². The Hall–Kier alpha value is -1.46. The predicted molar refractivity (Wildman–Crippen MR) is 55.4 cm³/mol. The highest BCUT2D eigenvalue weighted by Gasteiger charge is 2.30. The first-order chi connectivity index (χ1) is 7.34. The van der Waals surface area contributed by atoms with E-state index in [-0.39, 0.29) is 5.75 Å². The van der Waals surface area contributed by atoms with Crippen LogP contribution in [0, 0.1) is 5.82 Å². The third-order valence-corrected chi connectivity index (χ3v) is 1.97. The van der Waals surface area contributed by atoms with Gasteiger partial charge in [-0.05, 0) is 25.1 Å². The summed E-state index contributed by atoms with van der Waals surface area (Å²) < 4.78 is 55.4. The van der Waals surface area contributed by atoms with Crippen LogP contribution < -0.4 is 10.2 Å². The quantitative estimate of drug-likeness (QED) is 0.441. The molecule has 88 valence electrons. The lowest BCUT2D eigenvalue weighted by Gasteiger charge is -2.21. The van der Waals surface area contributed by atoms with Crippen LogP contribution in [0.5, 0.6) is 5.75 Å². The van der Waals surface area contributed by atoms with E-state index in [0.717, 1.165) is 12.1 Å². The van der Waals surface area contributed by atoms with Crippen LogP contribution in [0.25, 0.3) is 0 Å². The fourth-order valence-corrected chi connectivity index (χ4v) is 1.13. The van der Waals surface area contributed by atoms with Gasteiger partial charge in [-0.2, -0.15) is 0 Å². The molecule has 0 N–H and O–H groups in total. The molecule has 1 atom stereocenters. The Labute approximate surface area is 90.8 Å². The Morgan fingerprint density at radius 3 is 2.50 bits per heavy atom. The van der Waals surface area contributed by atoms with E-state index in [1.807, 2.05) is 0 Å². The predicted octanol–water partition coefficient (Wildman–Crippen LogP) is 2.83. The molecule has 1 aromatic carbocycles. The molecule has 0 heterocycles. The van der Waals surface area contributed by atoms with Gasteiger partial charge < -0.3 is 17.7 Å². The zero-order valence-electron chi connectivity index (χ0n) is 8.59. The smallest absolute Gasteiger partial charge is 0.490 e. The van der Waals surface area contributed by atoms with Crippen LogP contribution in [-0.4, -0.2) is 13.1 Å². The second-order valence-corrected chi connectivity index (χ2v) is 3.32. The van der Waals surface area contributed by atoms with Crippen molar-refractivity contribution in [2.24, 2.45) is 0 Å². The molecule has 0 saturated carbocycles. The van der Waals surface area contributed by atoms with E-state index in [4.69, 9.17) is 4.74 Å². The molecule has 0 aliphatic rings. The molecule has 0 amide bonds. The molecule has 0 aromatic heterocycles. The van der Waals surface area contributed by atoms with Crippen molar-refractivity contribution in [2.75, 3.05) is 0 Å². The zero-order chi connectivity index (χ0) is 12.3. The number of benzene rings is 1. The molecule has 1 aromatic rings. The maximum Gasteiger partial charge on any atom is 0.513 e. The number of halogens is 4. The SMILES string of the molecule is C=CC(C)Oc1ccc(F)cc1[B-](F)(F)F. The van der Waals surface area contributed by atoms with E-state index < -0.39 is 24.4 Å². The van der Waals surface area contributed by atoms with Crippen molar-refractivity contribution in [3.8, 4) is 5.75 Å². The molecular formula is C10H10BF4O-. The maximum atomic E-state index is 12.7. The summed E-state index contributed by atoms with van der Waals surface area (Å²) in [5.74, 6) is -1.31. The first-order valence-electron chi connectivity index (χ1n) is 4.63. The van der Waals surface area contributed by atoms with Crippen LogP contribution in [0.1, 0.15) is 6.92 Å². The Morgan fingerprint density at radius 1 is 1.38 bits per heavy atom. The third-order valence-electron chi connectivity index (χ3n) is 1.97. The zero-order valence-corrected chi connectivity index (χ0v) is 8.59. The van der Waals surface area contributed by atoms with Gasteiger partial charge >= 0.3 is 6.98 Å². The third kappa shape index (κ3) is 3.02. The molecule has 0 bridgehead atoms. The van der Waals surface area contributed by atoms with E-state index >= 15 is 0 Å². The highest BCUT2D eigenvalue weighted by atomic mass is 19.4. The lowest BCUT2D eigenvalue weighted by Crippen LogP contribution is -2.36. The van der Waals surface area contributed by atoms with Gasteiger partial charge in [-0.25, -0.2) is 4.39 Å². The van der Waals surface area contributed by atoms with Gasteiger partial charge in [-0.1, -0.05) is 18.1 Å². The summed E-state index contributed by atoms with van der Waals surface area (Å²) >= 11 is 0. The normalized spacial score (nSPS) is 13.3. The van der Waals surface area contributed by atoms with Crippen molar-refractivity contribution < 1.29 is 22.1 Å².